The zero-order valence-electron chi connectivity index (χ0n) is 12.2. The van der Waals surface area contributed by atoms with Gasteiger partial charge in [0.2, 0.25) is 11.9 Å². The van der Waals surface area contributed by atoms with Crippen molar-refractivity contribution in [3.63, 3.8) is 0 Å². The molecule has 2 aliphatic rings. The molecule has 1 atom stereocenters. The number of hydrogen-bond acceptors (Lipinski definition) is 6. The molecule has 1 aromatic rings. The fourth-order valence-corrected chi connectivity index (χ4v) is 3.02. The topological polar surface area (TPSA) is 101 Å². The quantitative estimate of drug-likeness (QED) is 0.833. The molecule has 114 valence electrons. The third-order valence-electron chi connectivity index (χ3n) is 4.21. The van der Waals surface area contributed by atoms with E-state index < -0.39 is 0 Å². The fourth-order valence-electron chi connectivity index (χ4n) is 3.02. The molecule has 1 amide bonds. The molecule has 3 heterocycles. The molecule has 1 aromatic heterocycles. The van der Waals surface area contributed by atoms with Crippen LogP contribution in [0.5, 0.6) is 0 Å². The van der Waals surface area contributed by atoms with Crippen LogP contribution in [0.2, 0.25) is 0 Å². The predicted molar refractivity (Wildman–Crippen MR) is 82.0 cm³/mol. The van der Waals surface area contributed by atoms with Crippen molar-refractivity contribution in [1.82, 2.24) is 9.97 Å². The van der Waals surface area contributed by atoms with Crippen molar-refractivity contribution in [2.24, 2.45) is 11.7 Å². The average molecular weight is 290 g/mol. The number of rotatable bonds is 3. The summed E-state index contributed by atoms with van der Waals surface area (Å²) in [5, 5.41) is 0. The third-order valence-corrected chi connectivity index (χ3v) is 4.21. The molecule has 2 aliphatic heterocycles. The first-order valence-corrected chi connectivity index (χ1v) is 7.57. The minimum atomic E-state index is 0.0631. The first kappa shape index (κ1) is 14.1. The summed E-state index contributed by atoms with van der Waals surface area (Å²) in [6.45, 7) is 3.09. The lowest BCUT2D eigenvalue weighted by atomic mass is 10.1. The van der Waals surface area contributed by atoms with Gasteiger partial charge in [-0.25, -0.2) is 0 Å². The monoisotopic (exact) mass is 290 g/mol. The van der Waals surface area contributed by atoms with Crippen molar-refractivity contribution in [3.05, 3.63) is 6.07 Å². The fraction of sp³-hybridized carbons (Fsp3) is 0.643. The number of piperidine rings is 1. The SMILES string of the molecule is NCC1CC(=O)N(c2cc(N3CCCCC3)nc(N)n2)C1. The van der Waals surface area contributed by atoms with Crippen molar-refractivity contribution in [2.75, 3.05) is 41.7 Å². The maximum atomic E-state index is 12.1. The van der Waals surface area contributed by atoms with E-state index in [1.807, 2.05) is 6.07 Å². The van der Waals surface area contributed by atoms with E-state index in [1.54, 1.807) is 4.90 Å². The van der Waals surface area contributed by atoms with Crippen LogP contribution in [-0.4, -0.2) is 42.1 Å². The minimum Gasteiger partial charge on any atom is -0.368 e. The van der Waals surface area contributed by atoms with Gasteiger partial charge in [0, 0.05) is 32.1 Å². The number of nitrogens with two attached hydrogens (primary N) is 2. The number of anilines is 3. The van der Waals surface area contributed by atoms with Crippen LogP contribution in [0.25, 0.3) is 0 Å². The lowest BCUT2D eigenvalue weighted by Gasteiger charge is -2.28. The molecule has 7 heteroatoms. The molecule has 2 fully saturated rings. The largest absolute Gasteiger partial charge is 0.368 e. The standard InChI is InChI=1S/C14H22N6O/c15-8-10-6-13(21)20(9-10)12-7-11(17-14(16)18-12)19-4-2-1-3-5-19/h7,10H,1-6,8-9,15H2,(H2,16,17,18). The van der Waals surface area contributed by atoms with Crippen LogP contribution < -0.4 is 21.3 Å². The Bertz CT molecular complexity index is 528. The van der Waals surface area contributed by atoms with Gasteiger partial charge in [-0.05, 0) is 31.7 Å². The van der Waals surface area contributed by atoms with Crippen LogP contribution in [-0.2, 0) is 4.79 Å². The summed E-state index contributed by atoms with van der Waals surface area (Å²) in [6.07, 6.45) is 4.07. The van der Waals surface area contributed by atoms with E-state index in [-0.39, 0.29) is 17.8 Å². The van der Waals surface area contributed by atoms with Crippen molar-refractivity contribution in [3.8, 4) is 0 Å². The van der Waals surface area contributed by atoms with Gasteiger partial charge in [-0.3, -0.25) is 9.69 Å². The molecule has 1 unspecified atom stereocenters. The zero-order valence-corrected chi connectivity index (χ0v) is 12.2. The highest BCUT2D eigenvalue weighted by molar-refractivity contribution is 5.95. The molecule has 7 nitrogen and oxygen atoms in total. The average Bonchev–Trinajstić information content (AvgIpc) is 2.89. The van der Waals surface area contributed by atoms with Gasteiger partial charge in [-0.15, -0.1) is 0 Å². The first-order chi connectivity index (χ1) is 10.2. The minimum absolute atomic E-state index is 0.0631. The number of carbonyl (C=O) groups is 1. The first-order valence-electron chi connectivity index (χ1n) is 7.57. The number of nitrogens with zero attached hydrogens (tertiary/aromatic N) is 4. The second-order valence-electron chi connectivity index (χ2n) is 5.80. The van der Waals surface area contributed by atoms with E-state index in [1.165, 1.54) is 6.42 Å². The van der Waals surface area contributed by atoms with Crippen LogP contribution in [0.15, 0.2) is 6.07 Å². The summed E-state index contributed by atoms with van der Waals surface area (Å²) < 4.78 is 0. The van der Waals surface area contributed by atoms with Crippen LogP contribution in [0.1, 0.15) is 25.7 Å². The van der Waals surface area contributed by atoms with Gasteiger partial charge >= 0.3 is 0 Å². The summed E-state index contributed by atoms with van der Waals surface area (Å²) in [6, 6.07) is 1.87. The number of carbonyl (C=O) groups excluding carboxylic acids is 1. The molecular formula is C14H22N6O. The van der Waals surface area contributed by atoms with Crippen LogP contribution in [0.4, 0.5) is 17.6 Å². The normalized spacial score (nSPS) is 22.9. The highest BCUT2D eigenvalue weighted by atomic mass is 16.2. The zero-order chi connectivity index (χ0) is 14.8. The van der Waals surface area contributed by atoms with Crippen LogP contribution in [0.3, 0.4) is 0 Å². The van der Waals surface area contributed by atoms with E-state index in [0.717, 1.165) is 31.7 Å². The summed E-state index contributed by atoms with van der Waals surface area (Å²) in [7, 11) is 0. The Kier molecular flexibility index (Phi) is 3.92. The van der Waals surface area contributed by atoms with Gasteiger partial charge in [0.1, 0.15) is 11.6 Å². The highest BCUT2D eigenvalue weighted by Crippen LogP contribution is 2.27. The van der Waals surface area contributed by atoms with Gasteiger partial charge < -0.3 is 16.4 Å². The molecule has 0 aliphatic carbocycles. The second kappa shape index (κ2) is 5.85. The van der Waals surface area contributed by atoms with E-state index >= 15 is 0 Å². The van der Waals surface area contributed by atoms with Gasteiger partial charge in [-0.1, -0.05) is 0 Å². The van der Waals surface area contributed by atoms with Crippen molar-refractivity contribution in [2.45, 2.75) is 25.7 Å². The van der Waals surface area contributed by atoms with Crippen LogP contribution in [0, 0.1) is 5.92 Å². The molecule has 0 bridgehead atoms. The molecule has 21 heavy (non-hydrogen) atoms. The molecule has 0 aromatic carbocycles. The highest BCUT2D eigenvalue weighted by Gasteiger charge is 2.31. The smallest absolute Gasteiger partial charge is 0.228 e. The molecule has 0 spiro atoms. The summed E-state index contributed by atoms with van der Waals surface area (Å²) in [5.74, 6) is 1.91. The summed E-state index contributed by atoms with van der Waals surface area (Å²) in [4.78, 5) is 24.6. The second-order valence-corrected chi connectivity index (χ2v) is 5.80. The Labute approximate surface area is 124 Å². The summed E-state index contributed by atoms with van der Waals surface area (Å²) >= 11 is 0. The van der Waals surface area contributed by atoms with Crippen molar-refractivity contribution < 1.29 is 4.79 Å². The molecule has 0 radical (unpaired) electrons. The maximum Gasteiger partial charge on any atom is 0.228 e. The number of nitrogen functional groups attached to an aromatic ring is 1. The van der Waals surface area contributed by atoms with Crippen molar-refractivity contribution in [1.29, 1.82) is 0 Å². The van der Waals surface area contributed by atoms with E-state index in [0.29, 0.717) is 25.3 Å². The Morgan fingerprint density at radius 3 is 2.57 bits per heavy atom. The Hall–Kier alpha value is -1.89. The molecule has 3 rings (SSSR count). The number of aromatic nitrogens is 2. The van der Waals surface area contributed by atoms with E-state index in [2.05, 4.69) is 14.9 Å². The Balaban J connectivity index is 1.85. The lowest BCUT2D eigenvalue weighted by Crippen LogP contribution is -2.32. The number of amides is 1. The summed E-state index contributed by atoms with van der Waals surface area (Å²) in [5.41, 5.74) is 11.5. The van der Waals surface area contributed by atoms with Crippen molar-refractivity contribution >= 4 is 23.5 Å². The van der Waals surface area contributed by atoms with Gasteiger partial charge in [0.15, 0.2) is 0 Å². The molecule has 0 saturated carbocycles. The molecule has 4 N–H and O–H groups in total. The van der Waals surface area contributed by atoms with Crippen LogP contribution >= 0.6 is 0 Å². The Morgan fingerprint density at radius 2 is 1.90 bits per heavy atom. The number of hydrogen-bond donors (Lipinski definition) is 2. The molecular weight excluding hydrogens is 268 g/mol. The predicted octanol–water partition coefficient (Wildman–Crippen LogP) is 0.361. The van der Waals surface area contributed by atoms with Gasteiger partial charge in [0.05, 0.1) is 0 Å². The Morgan fingerprint density at radius 1 is 1.19 bits per heavy atom. The lowest BCUT2D eigenvalue weighted by molar-refractivity contribution is -0.117. The molecule has 2 saturated heterocycles. The van der Waals surface area contributed by atoms with E-state index in [4.69, 9.17) is 11.5 Å². The third kappa shape index (κ3) is 2.92. The van der Waals surface area contributed by atoms with Gasteiger partial charge in [0.25, 0.3) is 0 Å². The maximum absolute atomic E-state index is 12.1. The van der Waals surface area contributed by atoms with E-state index in [9.17, 15) is 4.79 Å². The van der Waals surface area contributed by atoms with Gasteiger partial charge in [-0.2, -0.15) is 9.97 Å².